The molecule has 33 heavy (non-hydrogen) atoms. The Kier molecular flexibility index (Phi) is 5.94. The molecular formula is C23H31N5O5. The van der Waals surface area contributed by atoms with Gasteiger partial charge in [0.1, 0.15) is 5.60 Å². The number of piperidine rings is 1. The number of aryl methyl sites for hydroxylation is 1. The molecule has 2 aromatic rings. The Morgan fingerprint density at radius 1 is 1.24 bits per heavy atom. The number of nitro benzene ring substituents is 1. The van der Waals surface area contributed by atoms with Gasteiger partial charge < -0.3 is 19.3 Å². The first-order chi connectivity index (χ1) is 15.6. The number of carbonyl (C=O) groups excluding carboxylic acids is 1. The van der Waals surface area contributed by atoms with Crippen molar-refractivity contribution in [3.63, 3.8) is 0 Å². The second kappa shape index (κ2) is 8.57. The van der Waals surface area contributed by atoms with Crippen LogP contribution in [0.15, 0.2) is 18.3 Å². The first-order valence-electron chi connectivity index (χ1n) is 11.2. The lowest BCUT2D eigenvalue weighted by atomic mass is 10.00. The molecule has 2 aliphatic rings. The molecule has 4 rings (SSSR count). The van der Waals surface area contributed by atoms with Crippen LogP contribution in [0.25, 0.3) is 11.1 Å². The van der Waals surface area contributed by atoms with Crippen molar-refractivity contribution in [2.45, 2.75) is 51.7 Å². The molecule has 2 aliphatic heterocycles. The summed E-state index contributed by atoms with van der Waals surface area (Å²) in [6.07, 6.45) is 3.96. The number of methoxy groups -OCH3 is 1. The maximum absolute atomic E-state index is 12.7. The zero-order chi connectivity index (χ0) is 23.9. The number of fused-ring (bicyclic) bond motifs is 3. The van der Waals surface area contributed by atoms with Crippen LogP contribution in [-0.4, -0.2) is 64.1 Å². The maximum Gasteiger partial charge on any atom is 0.410 e. The Morgan fingerprint density at radius 2 is 2.00 bits per heavy atom. The van der Waals surface area contributed by atoms with E-state index in [1.807, 2.05) is 32.5 Å². The van der Waals surface area contributed by atoms with Crippen molar-refractivity contribution in [1.29, 1.82) is 0 Å². The fourth-order valence-electron chi connectivity index (χ4n) is 4.73. The molecule has 1 saturated heterocycles. The average Bonchev–Trinajstić information content (AvgIpc) is 3.04. The van der Waals surface area contributed by atoms with Crippen LogP contribution in [0.2, 0.25) is 0 Å². The molecule has 3 heterocycles. The molecule has 1 aromatic carbocycles. The fraction of sp³-hybridized carbons (Fsp3) is 0.565. The molecule has 0 spiro atoms. The third kappa shape index (κ3) is 4.46. The Hall–Kier alpha value is -3.30. The number of nitro groups is 1. The van der Waals surface area contributed by atoms with Gasteiger partial charge in [0.05, 0.1) is 18.2 Å². The quantitative estimate of drug-likeness (QED) is 0.511. The molecule has 10 nitrogen and oxygen atoms in total. The number of hydrogen-bond acceptors (Lipinski definition) is 7. The van der Waals surface area contributed by atoms with E-state index in [-0.39, 0.29) is 23.6 Å². The van der Waals surface area contributed by atoms with Crippen LogP contribution >= 0.6 is 0 Å². The average molecular weight is 458 g/mol. The van der Waals surface area contributed by atoms with Gasteiger partial charge in [-0.2, -0.15) is 5.10 Å². The monoisotopic (exact) mass is 457 g/mol. The van der Waals surface area contributed by atoms with Gasteiger partial charge in [0.15, 0.2) is 5.75 Å². The molecule has 1 aromatic heterocycles. The van der Waals surface area contributed by atoms with Crippen molar-refractivity contribution in [1.82, 2.24) is 14.7 Å². The number of ether oxygens (including phenoxy) is 2. The van der Waals surface area contributed by atoms with Gasteiger partial charge in [0.25, 0.3) is 0 Å². The van der Waals surface area contributed by atoms with E-state index in [1.54, 1.807) is 23.2 Å². The highest BCUT2D eigenvalue weighted by atomic mass is 16.6. The topological polar surface area (TPSA) is 103 Å². The maximum atomic E-state index is 12.7. The molecule has 178 valence electrons. The molecule has 0 bridgehead atoms. The summed E-state index contributed by atoms with van der Waals surface area (Å²) in [5.74, 6) is 0.218. The van der Waals surface area contributed by atoms with E-state index in [1.165, 1.54) is 7.11 Å². The molecule has 1 atom stereocenters. The summed E-state index contributed by atoms with van der Waals surface area (Å²) in [5.41, 5.74) is 2.91. The van der Waals surface area contributed by atoms with Crippen LogP contribution in [-0.2, 0) is 18.2 Å². The van der Waals surface area contributed by atoms with E-state index >= 15 is 0 Å². The van der Waals surface area contributed by atoms with Gasteiger partial charge in [0.2, 0.25) is 0 Å². The van der Waals surface area contributed by atoms with E-state index in [2.05, 4.69) is 10.00 Å². The number of nitrogens with zero attached hydrogens (tertiary/aromatic N) is 5. The number of rotatable bonds is 3. The highest BCUT2D eigenvalue weighted by molar-refractivity contribution is 5.85. The number of aromatic nitrogens is 2. The summed E-state index contributed by atoms with van der Waals surface area (Å²) in [6, 6.07) is 3.39. The van der Waals surface area contributed by atoms with Gasteiger partial charge in [-0.3, -0.25) is 14.8 Å². The number of anilines is 1. The van der Waals surface area contributed by atoms with Gasteiger partial charge in [-0.05, 0) is 33.6 Å². The van der Waals surface area contributed by atoms with Crippen molar-refractivity contribution >= 4 is 17.5 Å². The molecule has 0 N–H and O–H groups in total. The van der Waals surface area contributed by atoms with Gasteiger partial charge in [0, 0.05) is 73.8 Å². The standard InChI is InChI=1S/C23H31N5O5/c1-23(2,3)33-22(29)26-9-6-7-15(14-26)27-10-8-18-17(13-24-25(18)4)16-11-20(28(30)31)21(32-5)12-19(16)27/h11-13,15H,6-10,14H2,1-5H3. The highest BCUT2D eigenvalue weighted by Gasteiger charge is 2.35. The van der Waals surface area contributed by atoms with Crippen LogP contribution in [0.4, 0.5) is 16.2 Å². The zero-order valence-corrected chi connectivity index (χ0v) is 19.8. The normalized spacial score (nSPS) is 18.3. The predicted octanol–water partition coefficient (Wildman–Crippen LogP) is 3.77. The molecule has 0 aliphatic carbocycles. The minimum absolute atomic E-state index is 0.0541. The molecule has 0 radical (unpaired) electrons. The second-order valence-electron chi connectivity index (χ2n) is 9.59. The van der Waals surface area contributed by atoms with E-state index in [4.69, 9.17) is 9.47 Å². The van der Waals surface area contributed by atoms with Gasteiger partial charge in [-0.1, -0.05) is 0 Å². The Labute approximate surface area is 193 Å². The lowest BCUT2D eigenvalue weighted by molar-refractivity contribution is -0.385. The third-order valence-electron chi connectivity index (χ3n) is 6.23. The minimum atomic E-state index is -0.555. The zero-order valence-electron chi connectivity index (χ0n) is 19.8. The number of amides is 1. The molecular weight excluding hydrogens is 426 g/mol. The first kappa shape index (κ1) is 22.9. The van der Waals surface area contributed by atoms with E-state index < -0.39 is 10.5 Å². The van der Waals surface area contributed by atoms with E-state index in [0.29, 0.717) is 19.6 Å². The second-order valence-corrected chi connectivity index (χ2v) is 9.59. The molecule has 0 saturated carbocycles. The lowest BCUT2D eigenvalue weighted by Crippen LogP contribution is -2.51. The van der Waals surface area contributed by atoms with Gasteiger partial charge >= 0.3 is 11.8 Å². The summed E-state index contributed by atoms with van der Waals surface area (Å²) < 4.78 is 12.8. The van der Waals surface area contributed by atoms with Crippen molar-refractivity contribution in [2.24, 2.45) is 7.05 Å². The third-order valence-corrected chi connectivity index (χ3v) is 6.23. The Balaban J connectivity index is 1.73. The number of carbonyl (C=O) groups is 1. The van der Waals surface area contributed by atoms with Crippen molar-refractivity contribution in [3.05, 3.63) is 34.1 Å². The lowest BCUT2D eigenvalue weighted by Gasteiger charge is -2.41. The Bertz CT molecular complexity index is 1070. The fourth-order valence-corrected chi connectivity index (χ4v) is 4.73. The smallest absolute Gasteiger partial charge is 0.410 e. The van der Waals surface area contributed by atoms with Crippen LogP contribution < -0.4 is 9.64 Å². The van der Waals surface area contributed by atoms with Crippen molar-refractivity contribution in [3.8, 4) is 16.9 Å². The predicted molar refractivity (Wildman–Crippen MR) is 124 cm³/mol. The van der Waals surface area contributed by atoms with Crippen LogP contribution in [0.3, 0.4) is 0 Å². The summed E-state index contributed by atoms with van der Waals surface area (Å²) in [5, 5.41) is 16.1. The van der Waals surface area contributed by atoms with Crippen LogP contribution in [0.5, 0.6) is 5.75 Å². The van der Waals surface area contributed by atoms with Crippen LogP contribution in [0.1, 0.15) is 39.3 Å². The number of likely N-dealkylation sites (tertiary alicyclic amines) is 1. The van der Waals surface area contributed by atoms with Crippen molar-refractivity contribution < 1.29 is 19.2 Å². The van der Waals surface area contributed by atoms with Gasteiger partial charge in [-0.15, -0.1) is 0 Å². The number of hydrogen-bond donors (Lipinski definition) is 0. The number of benzene rings is 1. The summed E-state index contributed by atoms with van der Waals surface area (Å²) >= 11 is 0. The molecule has 1 fully saturated rings. The highest BCUT2D eigenvalue weighted by Crippen LogP contribution is 2.44. The summed E-state index contributed by atoms with van der Waals surface area (Å²) in [7, 11) is 3.33. The van der Waals surface area contributed by atoms with Crippen LogP contribution in [0, 0.1) is 10.1 Å². The Morgan fingerprint density at radius 3 is 2.67 bits per heavy atom. The van der Waals surface area contributed by atoms with Crippen molar-refractivity contribution in [2.75, 3.05) is 31.6 Å². The summed E-state index contributed by atoms with van der Waals surface area (Å²) in [6.45, 7) is 7.47. The van der Waals surface area contributed by atoms with E-state index in [0.717, 1.165) is 41.8 Å². The molecule has 1 unspecified atom stereocenters. The molecule has 1 amide bonds. The summed E-state index contributed by atoms with van der Waals surface area (Å²) in [4.78, 5) is 28.1. The molecule has 10 heteroatoms. The minimum Gasteiger partial charge on any atom is -0.490 e. The van der Waals surface area contributed by atoms with Gasteiger partial charge in [-0.25, -0.2) is 4.79 Å². The first-order valence-corrected chi connectivity index (χ1v) is 11.2. The SMILES string of the molecule is COc1cc2c(cc1[N+](=O)[O-])-c1cnn(C)c1CCN2C1CCCN(C(=O)OC(C)(C)C)C1. The van der Waals surface area contributed by atoms with E-state index in [9.17, 15) is 14.9 Å². The largest absolute Gasteiger partial charge is 0.490 e.